The van der Waals surface area contributed by atoms with Crippen LogP contribution >= 0.6 is 0 Å². The Bertz CT molecular complexity index is 61.5. The van der Waals surface area contributed by atoms with E-state index in [-0.39, 0.29) is 0 Å². The van der Waals surface area contributed by atoms with Gasteiger partial charge in [0, 0.05) is 0 Å². The normalized spacial score (nSPS) is 12.0. The predicted octanol–water partition coefficient (Wildman–Crippen LogP) is 3.51. The van der Waals surface area contributed by atoms with E-state index in [2.05, 4.69) is 21.7 Å². The van der Waals surface area contributed by atoms with Gasteiger partial charge in [-0.1, -0.05) is 0 Å². The first-order chi connectivity index (χ1) is 4.06. The molecule has 0 N–H and O–H groups in total. The van der Waals surface area contributed by atoms with Crippen LogP contribution in [0.3, 0.4) is 0 Å². The van der Waals surface area contributed by atoms with E-state index in [9.17, 15) is 0 Å². The second-order valence-corrected chi connectivity index (χ2v) is 20.1. The van der Waals surface area contributed by atoms with E-state index in [1.165, 1.54) is 19.3 Å². The van der Waals surface area contributed by atoms with Gasteiger partial charge in [-0.25, -0.2) is 0 Å². The van der Waals surface area contributed by atoms with Crippen molar-refractivity contribution in [2.75, 3.05) is 0 Å². The molecule has 0 fully saturated rings. The Morgan fingerprint density at radius 3 is 1.89 bits per heavy atom. The average Bonchev–Trinajstić information content (AvgIpc) is 1.63. The van der Waals surface area contributed by atoms with E-state index in [1.54, 1.807) is 4.44 Å². The van der Waals surface area contributed by atoms with Crippen LogP contribution in [0, 0.1) is 0 Å². The van der Waals surface area contributed by atoms with E-state index < -0.39 is 18.4 Å². The Kier molecular flexibility index (Phi) is 5.00. The van der Waals surface area contributed by atoms with Crippen molar-refractivity contribution in [2.45, 2.75) is 45.4 Å². The van der Waals surface area contributed by atoms with Crippen molar-refractivity contribution in [1.29, 1.82) is 0 Å². The number of unbranched alkanes of at least 4 members (excludes halogenated alkanes) is 2. The first-order valence-corrected chi connectivity index (χ1v) is 14.6. The minimum atomic E-state index is -1.33. The van der Waals surface area contributed by atoms with Gasteiger partial charge in [0.05, 0.1) is 0 Å². The topological polar surface area (TPSA) is 0 Å². The fourth-order valence-corrected chi connectivity index (χ4v) is 4.65. The Labute approximate surface area is 63.9 Å². The van der Waals surface area contributed by atoms with Crippen molar-refractivity contribution >= 4 is 18.4 Å². The molecule has 0 rings (SSSR count). The third kappa shape index (κ3) is 8.80. The third-order valence-electron chi connectivity index (χ3n) is 1.53. The van der Waals surface area contributed by atoms with Gasteiger partial charge < -0.3 is 0 Å². The van der Waals surface area contributed by atoms with Gasteiger partial charge in [0.15, 0.2) is 0 Å². The molecule has 0 atom stereocenters. The van der Waals surface area contributed by atoms with Gasteiger partial charge in [0.1, 0.15) is 0 Å². The summed E-state index contributed by atoms with van der Waals surface area (Å²) in [6.07, 6.45) is 4.33. The Hall–Kier alpha value is 0.799. The zero-order chi connectivity index (χ0) is 7.33. The van der Waals surface area contributed by atoms with Crippen LogP contribution in [0.4, 0.5) is 0 Å². The van der Waals surface area contributed by atoms with Gasteiger partial charge in [0.2, 0.25) is 0 Å². The summed E-state index contributed by atoms with van der Waals surface area (Å²) in [5.74, 6) is 0. The fraction of sp³-hybridized carbons (Fsp3) is 1.00. The summed E-state index contributed by atoms with van der Waals surface area (Å²) in [4.78, 5) is 7.55. The Balaban J connectivity index is 3.07. The molecule has 0 spiro atoms. The molecule has 0 amide bonds. The third-order valence-corrected chi connectivity index (χ3v) is 6.82. The van der Waals surface area contributed by atoms with Crippen molar-refractivity contribution < 1.29 is 0 Å². The van der Waals surface area contributed by atoms with E-state index >= 15 is 0 Å². The Morgan fingerprint density at radius 1 is 1.00 bits per heavy atom. The molecule has 0 unspecified atom stereocenters. The summed E-state index contributed by atoms with van der Waals surface area (Å²) in [6, 6.07) is 0. The van der Waals surface area contributed by atoms with Crippen LogP contribution in [0.5, 0.6) is 0 Å². The molecule has 0 aromatic rings. The first-order valence-electron chi connectivity index (χ1n) is 4.06. The van der Waals surface area contributed by atoms with Crippen molar-refractivity contribution in [2.24, 2.45) is 0 Å². The number of hydrogen-bond donors (Lipinski definition) is 0. The van der Waals surface area contributed by atoms with Crippen LogP contribution in [0.1, 0.15) is 26.2 Å². The van der Waals surface area contributed by atoms with Gasteiger partial charge in [-0.3, -0.25) is 0 Å². The zero-order valence-corrected chi connectivity index (χ0v) is 10.2. The van der Waals surface area contributed by atoms with Crippen molar-refractivity contribution in [3.8, 4) is 0 Å². The van der Waals surface area contributed by atoms with Crippen molar-refractivity contribution in [3.63, 3.8) is 0 Å². The predicted molar refractivity (Wildman–Crippen MR) is 47.7 cm³/mol. The molecule has 1 heteroatoms. The summed E-state index contributed by atoms with van der Waals surface area (Å²) in [5, 5.41) is 0. The first kappa shape index (κ1) is 9.80. The SMILES string of the molecule is CCCC[CH2][Sn]([CH3])([CH3])[CH3]. The summed E-state index contributed by atoms with van der Waals surface area (Å²) >= 11 is -1.33. The van der Waals surface area contributed by atoms with Crippen molar-refractivity contribution in [1.82, 2.24) is 0 Å². The standard InChI is InChI=1S/C5H11.3CH3.Sn/c1-3-5-4-2;;;;/h1,3-5H2,2H3;3*1H3;. The minimum absolute atomic E-state index is 1.33. The average molecular weight is 235 g/mol. The van der Waals surface area contributed by atoms with Gasteiger partial charge in [0.25, 0.3) is 0 Å². The second-order valence-electron chi connectivity index (χ2n) is 4.02. The summed E-state index contributed by atoms with van der Waals surface area (Å²) < 4.78 is 1.59. The van der Waals surface area contributed by atoms with Crippen LogP contribution < -0.4 is 0 Å². The molecule has 0 radical (unpaired) electrons. The van der Waals surface area contributed by atoms with E-state index in [1.807, 2.05) is 0 Å². The molecule has 0 bridgehead atoms. The van der Waals surface area contributed by atoms with Gasteiger partial charge in [-0.15, -0.1) is 0 Å². The molecule has 0 aromatic carbocycles. The van der Waals surface area contributed by atoms with Crippen LogP contribution in [-0.4, -0.2) is 18.4 Å². The fourth-order valence-electron chi connectivity index (χ4n) is 0.905. The maximum atomic E-state index is 2.52. The Morgan fingerprint density at radius 2 is 1.56 bits per heavy atom. The summed E-state index contributed by atoms with van der Waals surface area (Å²) in [6.45, 7) is 2.28. The molecule has 9 heavy (non-hydrogen) atoms. The summed E-state index contributed by atoms with van der Waals surface area (Å²) in [7, 11) is 0. The quantitative estimate of drug-likeness (QED) is 0.516. The molecule has 0 aliphatic carbocycles. The van der Waals surface area contributed by atoms with Crippen molar-refractivity contribution in [3.05, 3.63) is 0 Å². The van der Waals surface area contributed by atoms with E-state index in [0.717, 1.165) is 0 Å². The molecule has 0 aliphatic heterocycles. The molecular weight excluding hydrogens is 215 g/mol. The van der Waals surface area contributed by atoms with Gasteiger partial charge >= 0.3 is 63.8 Å². The summed E-state index contributed by atoms with van der Waals surface area (Å²) in [5.41, 5.74) is 0. The molecule has 0 saturated heterocycles. The van der Waals surface area contributed by atoms with Gasteiger partial charge in [-0.05, 0) is 0 Å². The molecule has 0 aliphatic rings. The number of rotatable bonds is 4. The van der Waals surface area contributed by atoms with Gasteiger partial charge in [-0.2, -0.15) is 0 Å². The van der Waals surface area contributed by atoms with Crippen LogP contribution in [-0.2, 0) is 0 Å². The van der Waals surface area contributed by atoms with E-state index in [0.29, 0.717) is 0 Å². The van der Waals surface area contributed by atoms with Crippen LogP contribution in [0.25, 0.3) is 0 Å². The molecule has 0 aromatic heterocycles. The van der Waals surface area contributed by atoms with Crippen LogP contribution in [0.15, 0.2) is 0 Å². The molecule has 56 valence electrons. The molecule has 0 saturated carbocycles. The molecule has 0 heterocycles. The van der Waals surface area contributed by atoms with E-state index in [4.69, 9.17) is 0 Å². The second kappa shape index (κ2) is 4.59. The van der Waals surface area contributed by atoms with Crippen LogP contribution in [0.2, 0.25) is 19.3 Å². The maximum absolute atomic E-state index is 2.52. The molecular formula is C8H20Sn. The molecule has 0 nitrogen and oxygen atoms in total. The number of hydrogen-bond acceptors (Lipinski definition) is 0. The zero-order valence-electron chi connectivity index (χ0n) is 7.33. The monoisotopic (exact) mass is 236 g/mol.